The van der Waals surface area contributed by atoms with Gasteiger partial charge in [0, 0.05) is 12.8 Å². The molecule has 0 rings (SSSR count). The molecule has 0 aliphatic heterocycles. The quantitative estimate of drug-likeness (QED) is 0.0528. The highest BCUT2D eigenvalue weighted by Crippen LogP contribution is 2.15. The Bertz CT molecular complexity index is 704. The predicted octanol–water partition coefficient (Wildman–Crippen LogP) is 11.6. The van der Waals surface area contributed by atoms with Crippen molar-refractivity contribution in [3.8, 4) is 0 Å². The Morgan fingerprint density at radius 1 is 0.561 bits per heavy atom. The van der Waals surface area contributed by atoms with Crippen molar-refractivity contribution in [1.29, 1.82) is 0 Å². The Hall–Kier alpha value is -2.10. The molecule has 0 aliphatic carbocycles. The fraction of sp³-hybridized carbons (Fsp3) is 0.730. The minimum Gasteiger partial charge on any atom is -0.481 e. The summed E-state index contributed by atoms with van der Waals surface area (Å²) in [5, 5.41) is 8.79. The molecule has 236 valence electrons. The summed E-state index contributed by atoms with van der Waals surface area (Å²) in [6.45, 7) is 4.45. The van der Waals surface area contributed by atoms with Gasteiger partial charge in [-0.15, -0.1) is 0 Å². The first kappa shape index (κ1) is 38.9. The second kappa shape index (κ2) is 32.4. The topological polar surface area (TPSA) is 63.6 Å². The van der Waals surface area contributed by atoms with E-state index in [-0.39, 0.29) is 18.5 Å². The second-order valence-electron chi connectivity index (χ2n) is 11.3. The maximum absolute atomic E-state index is 12.5. The molecule has 1 atom stereocenters. The number of hydrogen-bond donors (Lipinski definition) is 1. The van der Waals surface area contributed by atoms with E-state index in [9.17, 15) is 9.59 Å². The summed E-state index contributed by atoms with van der Waals surface area (Å²) in [6, 6.07) is 0. The lowest BCUT2D eigenvalue weighted by Crippen LogP contribution is -2.16. The van der Waals surface area contributed by atoms with Crippen LogP contribution in [0.2, 0.25) is 0 Å². The summed E-state index contributed by atoms with van der Waals surface area (Å²) in [6.07, 6.45) is 42.8. The average molecular weight is 573 g/mol. The number of carbonyl (C=O) groups is 2. The van der Waals surface area contributed by atoms with Gasteiger partial charge < -0.3 is 9.84 Å². The lowest BCUT2D eigenvalue weighted by atomic mass is 10.1. The van der Waals surface area contributed by atoms with Gasteiger partial charge in [0.05, 0.1) is 0 Å². The molecule has 0 radical (unpaired) electrons. The molecule has 4 nitrogen and oxygen atoms in total. The molecular formula is C37H64O4. The number of ether oxygens (including phenoxy) is 1. The van der Waals surface area contributed by atoms with Crippen LogP contribution in [0, 0.1) is 0 Å². The standard InChI is InChI=1S/C37H64O4/c1-3-5-7-9-11-12-13-14-15-16-17-18-19-20-22-24-30-34-37(40)41-35(31-27-23-21-10-8-6-4-2)32-28-25-26-29-33-36(38)39/h10-12,14-15,21,27,31,35H,3-9,13,16-20,22-26,28-30,32-34H2,1-2H3,(H,38,39)/b12-11-,15-14-,21-10-,31-27-. The van der Waals surface area contributed by atoms with E-state index in [1.807, 2.05) is 6.08 Å². The molecule has 0 aromatic carbocycles. The van der Waals surface area contributed by atoms with Crippen LogP contribution in [-0.2, 0) is 14.3 Å². The minimum absolute atomic E-state index is 0.0911. The Balaban J connectivity index is 4.00. The van der Waals surface area contributed by atoms with Gasteiger partial charge >= 0.3 is 11.9 Å². The third kappa shape index (κ3) is 32.3. The number of allylic oxidation sites excluding steroid dienone is 7. The van der Waals surface area contributed by atoms with E-state index < -0.39 is 5.97 Å². The van der Waals surface area contributed by atoms with Crippen molar-refractivity contribution in [3.05, 3.63) is 48.6 Å². The van der Waals surface area contributed by atoms with Crippen molar-refractivity contribution in [1.82, 2.24) is 0 Å². The first-order valence-corrected chi connectivity index (χ1v) is 17.1. The van der Waals surface area contributed by atoms with Crippen LogP contribution >= 0.6 is 0 Å². The molecular weight excluding hydrogens is 508 g/mol. The van der Waals surface area contributed by atoms with Crippen molar-refractivity contribution in [3.63, 3.8) is 0 Å². The highest BCUT2D eigenvalue weighted by molar-refractivity contribution is 5.69. The van der Waals surface area contributed by atoms with Crippen LogP contribution < -0.4 is 0 Å². The maximum Gasteiger partial charge on any atom is 0.306 e. The molecule has 0 bridgehead atoms. The van der Waals surface area contributed by atoms with Gasteiger partial charge in [0.25, 0.3) is 0 Å². The minimum atomic E-state index is -0.730. The molecule has 0 aliphatic rings. The molecule has 41 heavy (non-hydrogen) atoms. The van der Waals surface area contributed by atoms with Crippen molar-refractivity contribution >= 4 is 11.9 Å². The van der Waals surface area contributed by atoms with Crippen molar-refractivity contribution in [2.24, 2.45) is 0 Å². The zero-order valence-electron chi connectivity index (χ0n) is 26.8. The van der Waals surface area contributed by atoms with Crippen LogP contribution in [0.5, 0.6) is 0 Å². The fourth-order valence-corrected chi connectivity index (χ4v) is 4.68. The largest absolute Gasteiger partial charge is 0.481 e. The molecule has 0 fully saturated rings. The van der Waals surface area contributed by atoms with E-state index in [1.54, 1.807) is 0 Å². The highest BCUT2D eigenvalue weighted by atomic mass is 16.5. The third-order valence-corrected chi connectivity index (χ3v) is 7.26. The van der Waals surface area contributed by atoms with Gasteiger partial charge in [-0.05, 0) is 76.7 Å². The molecule has 1 unspecified atom stereocenters. The summed E-state index contributed by atoms with van der Waals surface area (Å²) in [7, 11) is 0. The Morgan fingerprint density at radius 2 is 1.05 bits per heavy atom. The van der Waals surface area contributed by atoms with Crippen LogP contribution in [0.1, 0.15) is 168 Å². The van der Waals surface area contributed by atoms with Crippen LogP contribution in [0.15, 0.2) is 48.6 Å². The Labute approximate surface area is 253 Å². The van der Waals surface area contributed by atoms with Gasteiger partial charge in [0.15, 0.2) is 0 Å². The number of carbonyl (C=O) groups excluding carboxylic acids is 1. The summed E-state index contributed by atoms with van der Waals surface area (Å²) >= 11 is 0. The van der Waals surface area contributed by atoms with E-state index in [4.69, 9.17) is 9.84 Å². The predicted molar refractivity (Wildman–Crippen MR) is 176 cm³/mol. The number of carboxylic acid groups (broad SMARTS) is 1. The molecule has 0 heterocycles. The Morgan fingerprint density at radius 3 is 1.66 bits per heavy atom. The molecule has 0 aromatic heterocycles. The molecule has 1 N–H and O–H groups in total. The number of aliphatic carboxylic acids is 1. The second-order valence-corrected chi connectivity index (χ2v) is 11.3. The lowest BCUT2D eigenvalue weighted by Gasteiger charge is -2.14. The lowest BCUT2D eigenvalue weighted by molar-refractivity contribution is -0.147. The van der Waals surface area contributed by atoms with Crippen LogP contribution in [0.3, 0.4) is 0 Å². The third-order valence-electron chi connectivity index (χ3n) is 7.26. The molecule has 0 amide bonds. The maximum atomic E-state index is 12.5. The number of rotatable bonds is 30. The van der Waals surface area contributed by atoms with E-state index in [1.165, 1.54) is 77.0 Å². The molecule has 0 aromatic rings. The molecule has 0 saturated carbocycles. The summed E-state index contributed by atoms with van der Waals surface area (Å²) in [5.74, 6) is -0.821. The number of carboxylic acids is 1. The zero-order valence-corrected chi connectivity index (χ0v) is 26.8. The Kier molecular flexibility index (Phi) is 30.8. The van der Waals surface area contributed by atoms with Crippen molar-refractivity contribution in [2.45, 2.75) is 174 Å². The van der Waals surface area contributed by atoms with Gasteiger partial charge in [0.1, 0.15) is 6.10 Å². The number of esters is 1. The molecule has 4 heteroatoms. The molecule has 0 spiro atoms. The van der Waals surface area contributed by atoms with Crippen LogP contribution in [0.4, 0.5) is 0 Å². The van der Waals surface area contributed by atoms with Crippen LogP contribution in [0.25, 0.3) is 0 Å². The normalized spacial score (nSPS) is 12.8. The first-order valence-electron chi connectivity index (χ1n) is 17.1. The number of unbranched alkanes of at least 4 members (excludes halogenated alkanes) is 15. The summed E-state index contributed by atoms with van der Waals surface area (Å²) in [5.41, 5.74) is 0. The first-order chi connectivity index (χ1) is 20.1. The summed E-state index contributed by atoms with van der Waals surface area (Å²) < 4.78 is 5.81. The summed E-state index contributed by atoms with van der Waals surface area (Å²) in [4.78, 5) is 23.2. The van der Waals surface area contributed by atoms with E-state index in [0.29, 0.717) is 12.8 Å². The number of hydrogen-bond acceptors (Lipinski definition) is 3. The van der Waals surface area contributed by atoms with Crippen molar-refractivity contribution < 1.29 is 19.4 Å². The van der Waals surface area contributed by atoms with E-state index >= 15 is 0 Å². The smallest absolute Gasteiger partial charge is 0.306 e. The van der Waals surface area contributed by atoms with Gasteiger partial charge in [-0.3, -0.25) is 9.59 Å². The van der Waals surface area contributed by atoms with E-state index in [2.05, 4.69) is 56.4 Å². The zero-order chi connectivity index (χ0) is 30.1. The fourth-order valence-electron chi connectivity index (χ4n) is 4.68. The molecule has 0 saturated heterocycles. The highest BCUT2D eigenvalue weighted by Gasteiger charge is 2.11. The van der Waals surface area contributed by atoms with Gasteiger partial charge in [-0.2, -0.15) is 0 Å². The van der Waals surface area contributed by atoms with Crippen LogP contribution in [-0.4, -0.2) is 23.1 Å². The van der Waals surface area contributed by atoms with Crippen molar-refractivity contribution in [2.75, 3.05) is 0 Å². The SMILES string of the molecule is CCCC/C=C\C/C=C\C(CCCCCCC(=O)O)OC(=O)CCCCCCCCC/C=C\C/C=C\CCCCC. The van der Waals surface area contributed by atoms with Gasteiger partial charge in [-0.25, -0.2) is 0 Å². The van der Waals surface area contributed by atoms with Gasteiger partial charge in [-0.1, -0.05) is 127 Å². The monoisotopic (exact) mass is 572 g/mol. The van der Waals surface area contributed by atoms with Gasteiger partial charge in [0.2, 0.25) is 0 Å². The van der Waals surface area contributed by atoms with E-state index in [0.717, 1.165) is 57.8 Å². The average Bonchev–Trinajstić information content (AvgIpc) is 2.95.